The summed E-state index contributed by atoms with van der Waals surface area (Å²) < 4.78 is 0. The van der Waals surface area contributed by atoms with Gasteiger partial charge in [0.05, 0.1) is 0 Å². The lowest BCUT2D eigenvalue weighted by molar-refractivity contribution is 1.14. The molecule has 0 amide bonds. The maximum atomic E-state index is 5.65. The van der Waals surface area contributed by atoms with Gasteiger partial charge in [-0.3, -0.25) is 0 Å². The number of aromatic nitrogens is 2. The van der Waals surface area contributed by atoms with E-state index in [2.05, 4.69) is 21.9 Å². The van der Waals surface area contributed by atoms with Crippen LogP contribution >= 0.6 is 0 Å². The molecule has 5 nitrogen and oxygen atoms in total. The van der Waals surface area contributed by atoms with Crippen molar-refractivity contribution < 1.29 is 0 Å². The first-order valence-electron chi connectivity index (χ1n) is 3.50. The molecule has 0 spiro atoms. The van der Waals surface area contributed by atoms with E-state index in [-0.39, 0.29) is 0 Å². The second-order valence-electron chi connectivity index (χ2n) is 2.59. The molecule has 2 heterocycles. The molecular weight excluding hydrogens is 154 g/mol. The zero-order valence-corrected chi connectivity index (χ0v) is 6.70. The molecule has 62 valence electrons. The number of nitrogens with one attached hydrogen (secondary N) is 1. The van der Waals surface area contributed by atoms with Crippen LogP contribution in [0.3, 0.4) is 0 Å². The Hall–Kier alpha value is -1.78. The minimum absolute atomic E-state index is 0.466. The Labute approximate surface area is 69.9 Å². The number of nitrogens with two attached hydrogens (primary N) is 1. The third-order valence-electron chi connectivity index (χ3n) is 1.85. The van der Waals surface area contributed by atoms with Crippen LogP contribution in [0, 0.1) is 0 Å². The van der Waals surface area contributed by atoms with E-state index >= 15 is 0 Å². The molecule has 0 fully saturated rings. The van der Waals surface area contributed by atoms with Crippen LogP contribution in [0.2, 0.25) is 0 Å². The molecule has 5 heteroatoms. The summed E-state index contributed by atoms with van der Waals surface area (Å²) in [4.78, 5) is 9.72. The summed E-state index contributed by atoms with van der Waals surface area (Å²) in [6, 6.07) is 0. The summed E-state index contributed by atoms with van der Waals surface area (Å²) in [7, 11) is 1.86. The van der Waals surface area contributed by atoms with Crippen molar-refractivity contribution in [2.75, 3.05) is 23.0 Å². The van der Waals surface area contributed by atoms with Gasteiger partial charge in [-0.15, -0.1) is 0 Å². The van der Waals surface area contributed by atoms with Crippen molar-refractivity contribution in [3.8, 4) is 0 Å². The van der Waals surface area contributed by atoms with Crippen molar-refractivity contribution >= 4 is 17.3 Å². The number of hydrogen-bond acceptors (Lipinski definition) is 5. The highest BCUT2D eigenvalue weighted by Crippen LogP contribution is 2.35. The number of hydrogen-bond donors (Lipinski definition) is 2. The van der Waals surface area contributed by atoms with Crippen molar-refractivity contribution in [1.29, 1.82) is 0 Å². The molecule has 1 aliphatic heterocycles. The highest BCUT2D eigenvalue weighted by molar-refractivity contribution is 5.84. The topological polar surface area (TPSA) is 67.1 Å². The Morgan fingerprint density at radius 3 is 3.00 bits per heavy atom. The van der Waals surface area contributed by atoms with Crippen LogP contribution in [-0.4, -0.2) is 17.0 Å². The van der Waals surface area contributed by atoms with Gasteiger partial charge < -0.3 is 16.0 Å². The standard InChI is InChI=1S/C7H9N5/c1-4-11-7-5(12(4)2)6(8)9-3-10-7/h3H,1H2,2H3,(H3,8,9,10,11). The van der Waals surface area contributed by atoms with Gasteiger partial charge in [0.1, 0.15) is 17.8 Å². The fourth-order valence-corrected chi connectivity index (χ4v) is 1.17. The molecule has 0 saturated heterocycles. The Morgan fingerprint density at radius 2 is 2.33 bits per heavy atom. The molecule has 1 aromatic rings. The molecule has 0 bridgehead atoms. The quantitative estimate of drug-likeness (QED) is 0.579. The summed E-state index contributed by atoms with van der Waals surface area (Å²) in [6.45, 7) is 3.78. The summed E-state index contributed by atoms with van der Waals surface area (Å²) >= 11 is 0. The maximum Gasteiger partial charge on any atom is 0.161 e. The smallest absolute Gasteiger partial charge is 0.161 e. The summed E-state index contributed by atoms with van der Waals surface area (Å²) in [5.74, 6) is 1.95. The largest absolute Gasteiger partial charge is 0.382 e. The monoisotopic (exact) mass is 163 g/mol. The van der Waals surface area contributed by atoms with Crippen molar-refractivity contribution in [1.82, 2.24) is 9.97 Å². The Balaban J connectivity index is 2.62. The van der Waals surface area contributed by atoms with Gasteiger partial charge in [0.2, 0.25) is 0 Å². The van der Waals surface area contributed by atoms with Crippen LogP contribution in [0.4, 0.5) is 17.3 Å². The third-order valence-corrected chi connectivity index (χ3v) is 1.85. The molecule has 12 heavy (non-hydrogen) atoms. The van der Waals surface area contributed by atoms with E-state index in [9.17, 15) is 0 Å². The molecule has 0 saturated carbocycles. The molecule has 0 aliphatic carbocycles. The number of anilines is 3. The van der Waals surface area contributed by atoms with Crippen LogP contribution in [0.1, 0.15) is 0 Å². The molecule has 3 N–H and O–H groups in total. The van der Waals surface area contributed by atoms with E-state index in [0.29, 0.717) is 5.82 Å². The maximum absolute atomic E-state index is 5.65. The lowest BCUT2D eigenvalue weighted by Crippen LogP contribution is -2.13. The Bertz CT molecular complexity index is 346. The molecule has 0 aromatic carbocycles. The highest BCUT2D eigenvalue weighted by Gasteiger charge is 2.22. The predicted molar refractivity (Wildman–Crippen MR) is 47.6 cm³/mol. The fraction of sp³-hybridized carbons (Fsp3) is 0.143. The minimum Gasteiger partial charge on any atom is -0.382 e. The number of nitrogen functional groups attached to an aromatic ring is 1. The zero-order valence-electron chi connectivity index (χ0n) is 6.70. The minimum atomic E-state index is 0.466. The second kappa shape index (κ2) is 2.10. The van der Waals surface area contributed by atoms with Crippen molar-refractivity contribution in [3.63, 3.8) is 0 Å². The molecule has 0 atom stereocenters. The number of rotatable bonds is 0. The lowest BCUT2D eigenvalue weighted by atomic mass is 10.4. The molecular formula is C7H9N5. The number of fused-ring (bicyclic) bond motifs is 1. The van der Waals surface area contributed by atoms with E-state index in [1.54, 1.807) is 0 Å². The van der Waals surface area contributed by atoms with E-state index in [1.165, 1.54) is 6.33 Å². The first-order valence-corrected chi connectivity index (χ1v) is 3.50. The Morgan fingerprint density at radius 1 is 1.58 bits per heavy atom. The first kappa shape index (κ1) is 6.90. The van der Waals surface area contributed by atoms with E-state index in [1.807, 2.05) is 11.9 Å². The zero-order chi connectivity index (χ0) is 8.72. The molecule has 0 radical (unpaired) electrons. The predicted octanol–water partition coefficient (Wildman–Crippen LogP) is 0.392. The summed E-state index contributed by atoms with van der Waals surface area (Å²) in [6.07, 6.45) is 1.42. The number of nitrogens with zero attached hydrogens (tertiary/aromatic N) is 3. The first-order chi connectivity index (χ1) is 5.70. The van der Waals surface area contributed by atoms with Crippen molar-refractivity contribution in [2.24, 2.45) is 0 Å². The van der Waals surface area contributed by atoms with Crippen molar-refractivity contribution in [2.45, 2.75) is 0 Å². The van der Waals surface area contributed by atoms with Gasteiger partial charge in [-0.2, -0.15) is 0 Å². The highest BCUT2D eigenvalue weighted by atomic mass is 15.3. The molecule has 0 unspecified atom stereocenters. The van der Waals surface area contributed by atoms with Gasteiger partial charge in [-0.1, -0.05) is 6.58 Å². The van der Waals surface area contributed by atoms with E-state index in [4.69, 9.17) is 5.73 Å². The van der Waals surface area contributed by atoms with Gasteiger partial charge in [0, 0.05) is 7.05 Å². The summed E-state index contributed by atoms with van der Waals surface area (Å²) in [5.41, 5.74) is 6.44. The average molecular weight is 163 g/mol. The molecule has 1 aliphatic rings. The van der Waals surface area contributed by atoms with E-state index < -0.39 is 0 Å². The lowest BCUT2D eigenvalue weighted by Gasteiger charge is -2.11. The van der Waals surface area contributed by atoms with Gasteiger partial charge in [-0.05, 0) is 0 Å². The normalized spacial score (nSPS) is 14.4. The van der Waals surface area contributed by atoms with Crippen LogP contribution in [-0.2, 0) is 0 Å². The van der Waals surface area contributed by atoms with Crippen LogP contribution in [0.25, 0.3) is 0 Å². The van der Waals surface area contributed by atoms with Crippen molar-refractivity contribution in [3.05, 3.63) is 18.7 Å². The second-order valence-corrected chi connectivity index (χ2v) is 2.59. The Kier molecular flexibility index (Phi) is 1.21. The SMILES string of the molecule is C=C1Nc2ncnc(N)c2N1C. The fourth-order valence-electron chi connectivity index (χ4n) is 1.17. The summed E-state index contributed by atoms with van der Waals surface area (Å²) in [5, 5.41) is 2.99. The van der Waals surface area contributed by atoms with Gasteiger partial charge in [0.25, 0.3) is 0 Å². The van der Waals surface area contributed by atoms with E-state index in [0.717, 1.165) is 17.3 Å². The van der Waals surface area contributed by atoms with Gasteiger partial charge in [0.15, 0.2) is 11.6 Å². The molecule has 1 aromatic heterocycles. The van der Waals surface area contributed by atoms with Crippen LogP contribution in [0.15, 0.2) is 18.7 Å². The average Bonchev–Trinajstić information content (AvgIpc) is 2.29. The molecule has 2 rings (SSSR count). The van der Waals surface area contributed by atoms with Crippen LogP contribution < -0.4 is 16.0 Å². The third kappa shape index (κ3) is 0.730. The van der Waals surface area contributed by atoms with Gasteiger partial charge >= 0.3 is 0 Å². The van der Waals surface area contributed by atoms with Gasteiger partial charge in [-0.25, -0.2) is 9.97 Å². The van der Waals surface area contributed by atoms with Crippen LogP contribution in [0.5, 0.6) is 0 Å².